The molecular formula is C16H23N7O7. The molecule has 0 bridgehead atoms. The number of nitrogens with zero attached hydrogens (tertiary/aromatic N) is 4. The van der Waals surface area contributed by atoms with Crippen LogP contribution in [0.4, 0.5) is 5.82 Å². The molecule has 14 nitrogen and oxygen atoms in total. The summed E-state index contributed by atoms with van der Waals surface area (Å²) in [4.78, 5) is 37.7. The van der Waals surface area contributed by atoms with Crippen LogP contribution in [0.3, 0.4) is 0 Å². The first kappa shape index (κ1) is 21.9. The number of aromatic nitrogens is 4. The molecule has 30 heavy (non-hydrogen) atoms. The minimum atomic E-state index is -3.03. The van der Waals surface area contributed by atoms with E-state index in [2.05, 4.69) is 15.0 Å². The summed E-state index contributed by atoms with van der Waals surface area (Å²) in [6.45, 7) is 0.852. The molecule has 9 N–H and O–H groups in total. The number of amides is 1. The highest BCUT2D eigenvalue weighted by molar-refractivity contribution is 6.01. The molecule has 0 unspecified atom stereocenters. The topological polar surface area (TPSA) is 232 Å². The smallest absolute Gasteiger partial charge is 0.275 e. The second-order valence-corrected chi connectivity index (χ2v) is 6.94. The van der Waals surface area contributed by atoms with Gasteiger partial charge in [-0.15, -0.1) is 0 Å². The highest BCUT2D eigenvalue weighted by Crippen LogP contribution is 2.46. The average Bonchev–Trinajstić information content (AvgIpc) is 3.25. The zero-order valence-corrected chi connectivity index (χ0v) is 16.0. The third kappa shape index (κ3) is 2.77. The Morgan fingerprint density at radius 3 is 2.67 bits per heavy atom. The molecule has 0 saturated carbocycles. The first-order chi connectivity index (χ1) is 14.2. The van der Waals surface area contributed by atoms with Crippen molar-refractivity contribution in [3.05, 3.63) is 12.7 Å². The van der Waals surface area contributed by atoms with Gasteiger partial charge in [-0.05, 0) is 6.42 Å². The summed E-state index contributed by atoms with van der Waals surface area (Å²) in [7, 11) is 0. The van der Waals surface area contributed by atoms with Crippen LogP contribution < -0.4 is 16.9 Å². The molecule has 2 aromatic heterocycles. The van der Waals surface area contributed by atoms with Crippen molar-refractivity contribution in [1.82, 2.24) is 25.0 Å². The lowest BCUT2D eigenvalue weighted by Gasteiger charge is -2.40. The Kier molecular flexibility index (Phi) is 5.72. The number of aliphatic hydroxyl groups excluding tert-OH is 2. The zero-order valence-electron chi connectivity index (χ0n) is 16.0. The van der Waals surface area contributed by atoms with Gasteiger partial charge in [0.05, 0.1) is 12.6 Å². The molecule has 0 aromatic carbocycles. The van der Waals surface area contributed by atoms with Crippen LogP contribution in [0.2, 0.25) is 0 Å². The number of fused-ring (bicyclic) bond motifs is 1. The minimum Gasteiger partial charge on any atom is -0.394 e. The van der Waals surface area contributed by atoms with E-state index in [1.165, 1.54) is 0 Å². The van der Waals surface area contributed by atoms with E-state index in [0.29, 0.717) is 6.42 Å². The van der Waals surface area contributed by atoms with Gasteiger partial charge in [0.1, 0.15) is 30.4 Å². The molecule has 164 valence electrons. The predicted molar refractivity (Wildman–Crippen MR) is 98.4 cm³/mol. The quantitative estimate of drug-likeness (QED) is 0.207. The van der Waals surface area contributed by atoms with Crippen molar-refractivity contribution in [2.75, 3.05) is 12.3 Å². The van der Waals surface area contributed by atoms with Gasteiger partial charge < -0.3 is 36.7 Å². The highest BCUT2D eigenvalue weighted by atomic mass is 16.6. The van der Waals surface area contributed by atoms with Gasteiger partial charge in [0.2, 0.25) is 5.60 Å². The summed E-state index contributed by atoms with van der Waals surface area (Å²) in [6, 6.07) is -1.39. The number of carbonyl (C=O) groups is 2. The summed E-state index contributed by atoms with van der Waals surface area (Å²) in [5.74, 6) is -2.62. The monoisotopic (exact) mass is 425 g/mol. The summed E-state index contributed by atoms with van der Waals surface area (Å²) >= 11 is 0. The van der Waals surface area contributed by atoms with Crippen molar-refractivity contribution in [2.24, 2.45) is 5.73 Å². The fraction of sp³-hybridized carbons (Fsp3) is 0.562. The van der Waals surface area contributed by atoms with E-state index in [9.17, 15) is 30.1 Å². The van der Waals surface area contributed by atoms with E-state index in [0.717, 1.165) is 17.2 Å². The van der Waals surface area contributed by atoms with E-state index >= 15 is 0 Å². The lowest BCUT2D eigenvalue weighted by molar-refractivity contribution is -0.203. The number of nitrogen functional groups attached to an aromatic ring is 1. The van der Waals surface area contributed by atoms with Crippen LogP contribution in [0, 0.1) is 0 Å². The summed E-state index contributed by atoms with van der Waals surface area (Å²) < 4.78 is 6.40. The standard InChI is InChI=1S/C16H23N7O7/c1-2-3-7(22-29)10(25)15(28)11(26)8(4-24)30-16(15,14(18)27)23-6-21-9-12(17)19-5-20-13(9)23/h5-8,11,22,24,26,28-29H,2-4H2,1H3,(H2,18,27)(H2,17,19,20)/t7-,8+,11+,15+,16+/m0/s1. The number of carbonyl (C=O) groups excluding carboxylic acids is 2. The maximum atomic E-state index is 13.3. The third-order valence-corrected chi connectivity index (χ3v) is 5.26. The lowest BCUT2D eigenvalue weighted by atomic mass is 9.78. The number of Topliss-reactive ketones (excluding diaryl/α,β-unsaturated/α-hetero) is 1. The second-order valence-electron chi connectivity index (χ2n) is 6.94. The van der Waals surface area contributed by atoms with Crippen LogP contribution in [0.5, 0.6) is 0 Å². The summed E-state index contributed by atoms with van der Waals surface area (Å²) in [6.07, 6.45) is -1.18. The molecule has 0 aliphatic carbocycles. The maximum Gasteiger partial charge on any atom is 0.275 e. The minimum absolute atomic E-state index is 0.0175. The number of ether oxygens (including phenoxy) is 1. The number of nitrogens with two attached hydrogens (primary N) is 2. The number of hydrogen-bond donors (Lipinski definition) is 7. The van der Waals surface area contributed by atoms with Gasteiger partial charge in [0.25, 0.3) is 11.6 Å². The van der Waals surface area contributed by atoms with E-state index in [1.54, 1.807) is 12.4 Å². The zero-order chi connectivity index (χ0) is 22.3. The maximum absolute atomic E-state index is 13.3. The van der Waals surface area contributed by atoms with Gasteiger partial charge in [0.15, 0.2) is 17.2 Å². The van der Waals surface area contributed by atoms with Crippen molar-refractivity contribution in [2.45, 2.75) is 49.3 Å². The Morgan fingerprint density at radius 1 is 1.40 bits per heavy atom. The number of hydroxylamine groups is 1. The fourth-order valence-corrected chi connectivity index (χ4v) is 3.79. The fourth-order valence-electron chi connectivity index (χ4n) is 3.79. The Hall–Kier alpha value is -2.75. The average molecular weight is 425 g/mol. The van der Waals surface area contributed by atoms with Crippen LogP contribution in [0.15, 0.2) is 12.7 Å². The van der Waals surface area contributed by atoms with E-state index in [1.807, 2.05) is 0 Å². The van der Waals surface area contributed by atoms with Gasteiger partial charge in [-0.25, -0.2) is 15.0 Å². The number of aliphatic hydroxyl groups is 3. The Bertz CT molecular complexity index is 969. The lowest BCUT2D eigenvalue weighted by Crippen LogP contribution is -2.70. The van der Waals surface area contributed by atoms with Crippen LogP contribution in [0.25, 0.3) is 11.2 Å². The Balaban J connectivity index is 2.33. The van der Waals surface area contributed by atoms with E-state index in [-0.39, 0.29) is 23.4 Å². The van der Waals surface area contributed by atoms with Gasteiger partial charge in [0, 0.05) is 0 Å². The molecule has 3 heterocycles. The van der Waals surface area contributed by atoms with Crippen LogP contribution >= 0.6 is 0 Å². The first-order valence-corrected chi connectivity index (χ1v) is 9.07. The SMILES string of the molecule is CCC[C@H](NO)C(=O)[C@@]1(O)[C@H](O)[C@@H](CO)O[C@@]1(C(N)=O)n1cnc2c(N)ncnc21. The number of primary amides is 1. The molecule has 3 rings (SSSR count). The second kappa shape index (κ2) is 7.82. The number of anilines is 1. The van der Waals surface area contributed by atoms with Crippen LogP contribution in [-0.4, -0.2) is 82.2 Å². The van der Waals surface area contributed by atoms with Gasteiger partial charge in [-0.2, -0.15) is 5.48 Å². The van der Waals surface area contributed by atoms with Crippen LogP contribution in [0.1, 0.15) is 19.8 Å². The molecule has 14 heteroatoms. The molecule has 0 radical (unpaired) electrons. The molecule has 1 aliphatic rings. The largest absolute Gasteiger partial charge is 0.394 e. The summed E-state index contributed by atoms with van der Waals surface area (Å²) in [5, 5.41) is 41.3. The van der Waals surface area contributed by atoms with Gasteiger partial charge >= 0.3 is 0 Å². The number of ketones is 1. The van der Waals surface area contributed by atoms with Crippen molar-refractivity contribution >= 4 is 28.7 Å². The van der Waals surface area contributed by atoms with Crippen molar-refractivity contribution in [3.8, 4) is 0 Å². The number of nitrogens with one attached hydrogen (secondary N) is 1. The summed E-state index contributed by atoms with van der Waals surface area (Å²) in [5.41, 5.74) is 7.20. The number of rotatable bonds is 8. The molecule has 1 amide bonds. The Morgan fingerprint density at radius 2 is 2.10 bits per heavy atom. The number of hydrogen-bond acceptors (Lipinski definition) is 12. The van der Waals surface area contributed by atoms with E-state index in [4.69, 9.17) is 16.2 Å². The van der Waals surface area contributed by atoms with Crippen molar-refractivity contribution in [3.63, 3.8) is 0 Å². The highest BCUT2D eigenvalue weighted by Gasteiger charge is 2.74. The first-order valence-electron chi connectivity index (χ1n) is 9.07. The molecule has 0 spiro atoms. The third-order valence-electron chi connectivity index (χ3n) is 5.26. The van der Waals surface area contributed by atoms with Gasteiger partial charge in [-0.3, -0.25) is 14.2 Å². The molecular weight excluding hydrogens is 402 g/mol. The molecule has 1 aliphatic heterocycles. The normalized spacial score (nSPS) is 29.9. The predicted octanol–water partition coefficient (Wildman–Crippen LogP) is -3.25. The van der Waals surface area contributed by atoms with Crippen molar-refractivity contribution in [1.29, 1.82) is 0 Å². The molecule has 1 fully saturated rings. The molecule has 5 atom stereocenters. The molecule has 1 saturated heterocycles. The van der Waals surface area contributed by atoms with Crippen molar-refractivity contribution < 1.29 is 34.9 Å². The van der Waals surface area contributed by atoms with Crippen LogP contribution in [-0.2, 0) is 20.1 Å². The number of imidazole rings is 1. The van der Waals surface area contributed by atoms with Gasteiger partial charge in [-0.1, -0.05) is 13.3 Å². The van der Waals surface area contributed by atoms with E-state index < -0.39 is 47.9 Å². The molecule has 2 aromatic rings. The Labute approximate surface area is 169 Å².